The fourth-order valence-corrected chi connectivity index (χ4v) is 0.315. The highest BCUT2D eigenvalue weighted by atomic mass is 16.5. The molecule has 0 radical (unpaired) electrons. The van der Waals surface area contributed by atoms with Crippen molar-refractivity contribution in [3.63, 3.8) is 0 Å². The largest absolute Gasteiger partial charge is 0.379 e. The van der Waals surface area contributed by atoms with E-state index in [4.69, 9.17) is 9.94 Å². The van der Waals surface area contributed by atoms with Crippen molar-refractivity contribution in [2.45, 2.75) is 0 Å². The molecule has 0 fully saturated rings. The lowest BCUT2D eigenvalue weighted by atomic mass is 10.6. The summed E-state index contributed by atoms with van der Waals surface area (Å²) in [6.45, 7) is 1.24. The van der Waals surface area contributed by atoms with Crippen LogP contribution in [0.2, 0.25) is 0 Å². The van der Waals surface area contributed by atoms with E-state index in [1.807, 2.05) is 0 Å². The van der Waals surface area contributed by atoms with E-state index in [0.717, 1.165) is 0 Å². The molecule has 8 heavy (non-hydrogen) atoms. The summed E-state index contributed by atoms with van der Waals surface area (Å²) >= 11 is 0. The molecule has 3 heteroatoms. The van der Waals surface area contributed by atoms with Crippen LogP contribution in [0, 0.1) is 0 Å². The Labute approximate surface area is 50.0 Å². The highest BCUT2D eigenvalue weighted by Crippen LogP contribution is 1.86. The lowest BCUT2D eigenvalue weighted by molar-refractivity contribution is -1.07. The maximum absolute atomic E-state index is 9.01. The van der Waals surface area contributed by atoms with E-state index in [1.165, 1.54) is 0 Å². The van der Waals surface area contributed by atoms with Gasteiger partial charge < -0.3 is 4.74 Å². The topological polar surface area (TPSA) is 29.5 Å². The van der Waals surface area contributed by atoms with Gasteiger partial charge in [0.25, 0.3) is 0 Å². The van der Waals surface area contributed by atoms with Gasteiger partial charge in [0.2, 0.25) is 0 Å². The number of nitrogens with zero attached hydrogens (tertiary/aromatic N) is 1. The zero-order valence-corrected chi connectivity index (χ0v) is 5.72. The lowest BCUT2D eigenvalue weighted by Crippen LogP contribution is -2.38. The highest BCUT2D eigenvalue weighted by molar-refractivity contribution is 4.19. The molecule has 0 rings (SSSR count). The molecule has 0 saturated carbocycles. The van der Waals surface area contributed by atoms with E-state index in [9.17, 15) is 0 Å². The van der Waals surface area contributed by atoms with Crippen molar-refractivity contribution < 1.29 is 14.6 Å². The monoisotopic (exact) mass is 120 g/mol. The molecule has 3 nitrogen and oxygen atoms in total. The van der Waals surface area contributed by atoms with Crippen LogP contribution >= 0.6 is 0 Å². The van der Waals surface area contributed by atoms with E-state index >= 15 is 0 Å². The van der Waals surface area contributed by atoms with E-state index in [1.54, 1.807) is 21.2 Å². The average molecular weight is 120 g/mol. The van der Waals surface area contributed by atoms with Crippen molar-refractivity contribution >= 4 is 0 Å². The van der Waals surface area contributed by atoms with Gasteiger partial charge in [0.05, 0.1) is 20.7 Å². The molecule has 0 aromatic rings. The first-order valence-corrected chi connectivity index (χ1v) is 2.61. The van der Waals surface area contributed by atoms with Gasteiger partial charge in [-0.2, -0.15) is 4.65 Å². The second-order valence-corrected chi connectivity index (χ2v) is 2.34. The SMILES string of the molecule is COCC[N+](C)(C)O. The minimum Gasteiger partial charge on any atom is -0.379 e. The second-order valence-electron chi connectivity index (χ2n) is 2.34. The number of hydrogen-bond donors (Lipinski definition) is 1. The molecule has 0 aromatic carbocycles. The van der Waals surface area contributed by atoms with E-state index in [2.05, 4.69) is 0 Å². The summed E-state index contributed by atoms with van der Waals surface area (Å²) in [7, 11) is 5.04. The minimum atomic E-state index is -0.0200. The van der Waals surface area contributed by atoms with Gasteiger partial charge in [-0.25, -0.2) is 5.21 Å². The molecule has 0 aliphatic carbocycles. The number of hydrogen-bond acceptors (Lipinski definition) is 2. The fraction of sp³-hybridized carbons (Fsp3) is 1.00. The molecule has 0 amide bonds. The number of quaternary nitrogens is 1. The molecule has 0 bridgehead atoms. The highest BCUT2D eigenvalue weighted by Gasteiger charge is 2.07. The Hall–Kier alpha value is -0.120. The predicted molar refractivity (Wildman–Crippen MR) is 30.6 cm³/mol. The van der Waals surface area contributed by atoms with Crippen molar-refractivity contribution in [2.75, 3.05) is 34.4 Å². The summed E-state index contributed by atoms with van der Waals surface area (Å²) < 4.78 is 4.72. The second kappa shape index (κ2) is 3.02. The molecule has 0 spiro atoms. The molecule has 0 atom stereocenters. The third-order valence-corrected chi connectivity index (χ3v) is 0.843. The van der Waals surface area contributed by atoms with E-state index in [-0.39, 0.29) is 4.65 Å². The number of rotatable bonds is 3. The summed E-state index contributed by atoms with van der Waals surface area (Å²) in [6, 6.07) is 0. The molecule has 50 valence electrons. The Bertz CT molecular complexity index is 57.9. The molecule has 0 aliphatic rings. The summed E-state index contributed by atoms with van der Waals surface area (Å²) in [4.78, 5) is 0. The van der Waals surface area contributed by atoms with Gasteiger partial charge in [0.15, 0.2) is 0 Å². The fourth-order valence-electron chi connectivity index (χ4n) is 0.315. The standard InChI is InChI=1S/C5H14NO2/c1-6(2,7)4-5-8-3/h7H,4-5H2,1-3H3/q+1. The molecule has 0 saturated heterocycles. The average Bonchev–Trinajstić information content (AvgIpc) is 1.59. The number of ether oxygens (including phenoxy) is 1. The van der Waals surface area contributed by atoms with Gasteiger partial charge in [-0.3, -0.25) is 0 Å². The van der Waals surface area contributed by atoms with Crippen LogP contribution in [0.25, 0.3) is 0 Å². The smallest absolute Gasteiger partial charge is 0.132 e. The maximum Gasteiger partial charge on any atom is 0.132 e. The quantitative estimate of drug-likeness (QED) is 0.423. The van der Waals surface area contributed by atoms with Crippen molar-refractivity contribution in [3.05, 3.63) is 0 Å². The molecule has 0 aromatic heterocycles. The Balaban J connectivity index is 3.11. The molecule has 0 heterocycles. The molecule has 0 unspecified atom stereocenters. The van der Waals surface area contributed by atoms with Gasteiger partial charge in [-0.1, -0.05) is 0 Å². The first-order valence-electron chi connectivity index (χ1n) is 2.61. The molecule has 0 aliphatic heterocycles. The normalized spacial score (nSPS) is 12.0. The van der Waals surface area contributed by atoms with Crippen LogP contribution in [-0.4, -0.2) is 44.2 Å². The molecule has 1 N–H and O–H groups in total. The van der Waals surface area contributed by atoms with Crippen LogP contribution in [0.1, 0.15) is 0 Å². The van der Waals surface area contributed by atoms with Gasteiger partial charge in [-0.05, 0) is 0 Å². The van der Waals surface area contributed by atoms with Crippen LogP contribution in [0.15, 0.2) is 0 Å². The summed E-state index contributed by atoms with van der Waals surface area (Å²) in [5.74, 6) is 0. The lowest BCUT2D eigenvalue weighted by Gasteiger charge is -2.18. The Kier molecular flexibility index (Phi) is 2.97. The van der Waals surface area contributed by atoms with Crippen molar-refractivity contribution in [2.24, 2.45) is 0 Å². The first-order chi connectivity index (χ1) is 3.56. The molecular formula is C5H14NO2+. The van der Waals surface area contributed by atoms with Crippen LogP contribution in [-0.2, 0) is 4.74 Å². The van der Waals surface area contributed by atoms with Crippen molar-refractivity contribution in [3.8, 4) is 0 Å². The van der Waals surface area contributed by atoms with Crippen molar-refractivity contribution in [1.82, 2.24) is 0 Å². The minimum absolute atomic E-state index is 0.0200. The van der Waals surface area contributed by atoms with Crippen LogP contribution in [0.4, 0.5) is 0 Å². The number of methoxy groups -OCH3 is 1. The van der Waals surface area contributed by atoms with Gasteiger partial charge in [0.1, 0.15) is 6.54 Å². The zero-order valence-electron chi connectivity index (χ0n) is 5.72. The van der Waals surface area contributed by atoms with Crippen LogP contribution < -0.4 is 0 Å². The zero-order chi connectivity index (χ0) is 6.62. The van der Waals surface area contributed by atoms with Gasteiger partial charge in [0, 0.05) is 7.11 Å². The first kappa shape index (κ1) is 7.88. The summed E-state index contributed by atoms with van der Waals surface area (Å²) in [6.07, 6.45) is 0. The predicted octanol–water partition coefficient (Wildman–Crippen LogP) is 0.0984. The van der Waals surface area contributed by atoms with Crippen LogP contribution in [0.5, 0.6) is 0 Å². The van der Waals surface area contributed by atoms with Gasteiger partial charge >= 0.3 is 0 Å². The number of hydroxylamine groups is 3. The van der Waals surface area contributed by atoms with Gasteiger partial charge in [-0.15, -0.1) is 0 Å². The van der Waals surface area contributed by atoms with Crippen molar-refractivity contribution in [1.29, 1.82) is 0 Å². The summed E-state index contributed by atoms with van der Waals surface area (Å²) in [5, 5.41) is 9.01. The van der Waals surface area contributed by atoms with Crippen LogP contribution in [0.3, 0.4) is 0 Å². The maximum atomic E-state index is 9.01. The Morgan fingerprint density at radius 3 is 2.12 bits per heavy atom. The third kappa shape index (κ3) is 5.88. The Morgan fingerprint density at radius 2 is 2.00 bits per heavy atom. The summed E-state index contributed by atoms with van der Waals surface area (Å²) in [5.41, 5.74) is 0. The van der Waals surface area contributed by atoms with E-state index in [0.29, 0.717) is 13.2 Å². The Morgan fingerprint density at radius 1 is 1.50 bits per heavy atom. The third-order valence-electron chi connectivity index (χ3n) is 0.843. The molecular weight excluding hydrogens is 106 g/mol. The van der Waals surface area contributed by atoms with E-state index < -0.39 is 0 Å². The number of likely N-dealkylation sites (N-methyl/N-ethyl adjacent to an activating group) is 1.